The van der Waals surface area contributed by atoms with Gasteiger partial charge in [0.1, 0.15) is 35.2 Å². The Labute approximate surface area is 477 Å². The van der Waals surface area contributed by atoms with Crippen LogP contribution >= 0.6 is 27.0 Å². The minimum Gasteiger partial charge on any atom is -0.493 e. The van der Waals surface area contributed by atoms with Crippen molar-refractivity contribution in [3.63, 3.8) is 0 Å². The molecular formula is C60H90N8O8S2. The summed E-state index contributed by atoms with van der Waals surface area (Å²) in [4.78, 5) is 73.0. The Kier molecular flexibility index (Phi) is 31.1. The minimum atomic E-state index is -1.13. The second-order valence-electron chi connectivity index (χ2n) is 20.3. The van der Waals surface area contributed by atoms with Crippen molar-refractivity contribution in [2.75, 3.05) is 33.4 Å². The van der Waals surface area contributed by atoms with Gasteiger partial charge in [0.05, 0.1) is 6.61 Å². The summed E-state index contributed by atoms with van der Waals surface area (Å²) >= 11 is 0. The molecule has 3 atom stereocenters. The maximum atomic E-state index is 14.5. The molecule has 0 saturated carbocycles. The standard InChI is InChI=1S/C58H78N8O8.2CH4.2H2S/c1-38(2)31-34-72-48-29-27-41-21-12-14-23-43(41)51(48)52-44-24-15-13-22-42(44)28-30-49(52)73-37-50(67)64-45(25-16-17-32-62-57(71)74-58(5,6)7)54(69)65-46(26-18-33-61-56(59)60-8)55(70)66-47(35-39(3)4)53(68)63-36-40-19-10-9-11-20-40;;;;/h9-15,19-24,27-30,38-39,45-47H,16-18,25-26,31-37H2,1-8H3,(H,62,71)(H,63,68)(H,64,67)(H,65,69)(H,66,70)(H3,59,60,61);2*1H4;2*1H2/t45-,46-,47+;;;;/m1..../s1. The molecule has 430 valence electrons. The normalized spacial score (nSPS) is 12.3. The quantitative estimate of drug-likeness (QED) is 0.0150. The minimum absolute atomic E-state index is 0. The number of unbranched alkanes of at least 4 members (excludes halogenated alkanes) is 1. The number of carbonyl (C=O) groups is 5. The van der Waals surface area contributed by atoms with Crippen LogP contribution in [-0.2, 0) is 30.5 Å². The molecule has 0 spiro atoms. The number of aliphatic imine (C=N–C) groups is 1. The zero-order valence-corrected chi connectivity index (χ0v) is 47.5. The molecule has 0 fully saturated rings. The van der Waals surface area contributed by atoms with Crippen molar-refractivity contribution < 1.29 is 38.2 Å². The molecule has 0 unspecified atom stereocenters. The van der Waals surface area contributed by atoms with E-state index < -0.39 is 54.1 Å². The maximum Gasteiger partial charge on any atom is 0.407 e. The zero-order chi connectivity index (χ0) is 53.6. The van der Waals surface area contributed by atoms with Gasteiger partial charge in [-0.25, -0.2) is 4.79 Å². The van der Waals surface area contributed by atoms with Gasteiger partial charge in [0.2, 0.25) is 17.7 Å². The van der Waals surface area contributed by atoms with E-state index in [4.69, 9.17) is 19.9 Å². The average Bonchev–Trinajstić information content (AvgIpc) is 3.37. The summed E-state index contributed by atoms with van der Waals surface area (Å²) in [6, 6.07) is 30.2. The van der Waals surface area contributed by atoms with E-state index in [1.165, 1.54) is 0 Å². The van der Waals surface area contributed by atoms with E-state index in [2.05, 4.69) is 56.8 Å². The van der Waals surface area contributed by atoms with Gasteiger partial charge in [-0.1, -0.05) is 134 Å². The number of nitrogens with zero attached hydrogens (tertiary/aromatic N) is 1. The largest absolute Gasteiger partial charge is 0.493 e. The van der Waals surface area contributed by atoms with Crippen molar-refractivity contribution in [2.24, 2.45) is 22.6 Å². The Morgan fingerprint density at radius 1 is 0.577 bits per heavy atom. The summed E-state index contributed by atoms with van der Waals surface area (Å²) in [7, 11) is 1.55. The topological polar surface area (TPSA) is 224 Å². The van der Waals surface area contributed by atoms with Crippen LogP contribution in [0.5, 0.6) is 11.5 Å². The van der Waals surface area contributed by atoms with Crippen LogP contribution in [0.4, 0.5) is 4.79 Å². The molecule has 16 nitrogen and oxygen atoms in total. The molecule has 18 heteroatoms. The van der Waals surface area contributed by atoms with Crippen LogP contribution < -0.4 is 47.1 Å². The number of carbonyl (C=O) groups excluding carboxylic acids is 5. The molecular weight excluding hydrogens is 1020 g/mol. The van der Waals surface area contributed by atoms with E-state index in [1.54, 1.807) is 27.8 Å². The fourth-order valence-corrected chi connectivity index (χ4v) is 8.32. The molecule has 0 aliphatic rings. The van der Waals surface area contributed by atoms with Crippen molar-refractivity contribution >= 4 is 84.2 Å². The third-order valence-electron chi connectivity index (χ3n) is 12.1. The number of fused-ring (bicyclic) bond motifs is 2. The SMILES string of the molecule is C.C.CN=C(N)NCCC[C@@H](NC(=O)[C@@H](CCCCNC(=O)OC(C)(C)C)NC(=O)COc1ccc2ccccc2c1-c1c(OCCC(C)C)ccc2ccccc12)C(=O)N[C@@H](CC(C)C)C(=O)NCc1ccccc1.S.S. The summed E-state index contributed by atoms with van der Waals surface area (Å²) in [6.45, 7) is 14.5. The number of alkyl carbamates (subject to hydrolysis) is 1. The molecule has 8 N–H and O–H groups in total. The highest BCUT2D eigenvalue weighted by molar-refractivity contribution is 7.59. The molecule has 5 aromatic carbocycles. The first kappa shape index (κ1) is 69.4. The lowest BCUT2D eigenvalue weighted by Gasteiger charge is -2.26. The van der Waals surface area contributed by atoms with Crippen LogP contribution in [0.25, 0.3) is 32.7 Å². The van der Waals surface area contributed by atoms with Crippen molar-refractivity contribution in [1.29, 1.82) is 0 Å². The van der Waals surface area contributed by atoms with E-state index in [0.717, 1.165) is 44.7 Å². The summed E-state index contributed by atoms with van der Waals surface area (Å²) in [6.07, 6.45) is 2.19. The summed E-state index contributed by atoms with van der Waals surface area (Å²) in [5, 5.41) is 21.2. The van der Waals surface area contributed by atoms with Crippen LogP contribution in [0.2, 0.25) is 0 Å². The van der Waals surface area contributed by atoms with Gasteiger partial charge in [0, 0.05) is 37.8 Å². The van der Waals surface area contributed by atoms with Crippen LogP contribution in [-0.4, -0.2) is 92.8 Å². The lowest BCUT2D eigenvalue weighted by Crippen LogP contribution is -2.57. The Morgan fingerprint density at radius 3 is 1.67 bits per heavy atom. The van der Waals surface area contributed by atoms with E-state index in [-0.39, 0.29) is 85.6 Å². The van der Waals surface area contributed by atoms with Crippen LogP contribution in [0.15, 0.2) is 108 Å². The Balaban J connectivity index is 0.00000760. The van der Waals surface area contributed by atoms with Gasteiger partial charge < -0.3 is 51.8 Å². The Morgan fingerprint density at radius 2 is 1.10 bits per heavy atom. The maximum absolute atomic E-state index is 14.5. The third-order valence-corrected chi connectivity index (χ3v) is 12.1. The molecule has 0 bridgehead atoms. The van der Waals surface area contributed by atoms with Crippen molar-refractivity contribution in [3.8, 4) is 22.6 Å². The van der Waals surface area contributed by atoms with E-state index >= 15 is 0 Å². The number of rotatable bonds is 27. The molecule has 5 rings (SSSR count). The lowest BCUT2D eigenvalue weighted by atomic mass is 9.92. The van der Waals surface area contributed by atoms with Gasteiger partial charge >= 0.3 is 6.09 Å². The zero-order valence-electron chi connectivity index (χ0n) is 45.5. The van der Waals surface area contributed by atoms with Gasteiger partial charge in [-0.3, -0.25) is 24.2 Å². The number of hydrogen-bond donors (Lipinski definition) is 7. The van der Waals surface area contributed by atoms with Gasteiger partial charge in [0.25, 0.3) is 5.91 Å². The molecule has 78 heavy (non-hydrogen) atoms. The van der Waals surface area contributed by atoms with Crippen LogP contribution in [0.1, 0.15) is 114 Å². The predicted octanol–water partition coefficient (Wildman–Crippen LogP) is 9.79. The Hall–Kier alpha value is -6.66. The molecule has 0 heterocycles. The predicted molar refractivity (Wildman–Crippen MR) is 328 cm³/mol. The molecule has 0 saturated heterocycles. The highest BCUT2D eigenvalue weighted by Crippen LogP contribution is 2.45. The smallest absolute Gasteiger partial charge is 0.407 e. The summed E-state index contributed by atoms with van der Waals surface area (Å²) in [5.74, 6) is -0.267. The lowest BCUT2D eigenvalue weighted by molar-refractivity contribution is -0.134. The van der Waals surface area contributed by atoms with Crippen molar-refractivity contribution in [2.45, 2.75) is 139 Å². The fraction of sp³-hybridized carbons (Fsp3) is 0.467. The molecule has 5 amide bonds. The van der Waals surface area contributed by atoms with Gasteiger partial charge in [0.15, 0.2) is 12.6 Å². The first-order chi connectivity index (χ1) is 35.4. The third kappa shape index (κ3) is 22.7. The first-order valence-electron chi connectivity index (χ1n) is 25.9. The van der Waals surface area contributed by atoms with Crippen LogP contribution in [0, 0.1) is 11.8 Å². The second-order valence-corrected chi connectivity index (χ2v) is 20.3. The van der Waals surface area contributed by atoms with Crippen molar-refractivity contribution in [3.05, 3.63) is 109 Å². The van der Waals surface area contributed by atoms with Crippen LogP contribution in [0.3, 0.4) is 0 Å². The molecule has 0 radical (unpaired) electrons. The summed E-state index contributed by atoms with van der Waals surface area (Å²) in [5.41, 5.74) is 7.71. The fourth-order valence-electron chi connectivity index (χ4n) is 8.32. The number of nitrogens with one attached hydrogen (secondary N) is 6. The number of ether oxygens (including phenoxy) is 3. The number of nitrogens with two attached hydrogens (primary N) is 1. The monoisotopic (exact) mass is 1110 g/mol. The number of benzene rings is 5. The summed E-state index contributed by atoms with van der Waals surface area (Å²) < 4.78 is 18.4. The average molecular weight is 1120 g/mol. The van der Waals surface area contributed by atoms with E-state index in [1.807, 2.05) is 111 Å². The van der Waals surface area contributed by atoms with Gasteiger partial charge in [-0.05, 0) is 117 Å². The molecule has 0 aliphatic carbocycles. The highest BCUT2D eigenvalue weighted by atomic mass is 32.1. The van der Waals surface area contributed by atoms with E-state index in [0.29, 0.717) is 56.3 Å². The van der Waals surface area contributed by atoms with Crippen molar-refractivity contribution in [1.82, 2.24) is 31.9 Å². The molecule has 0 aromatic heterocycles. The first-order valence-corrected chi connectivity index (χ1v) is 25.9. The molecule has 0 aliphatic heterocycles. The Bertz CT molecular complexity index is 2680. The number of hydrogen-bond acceptors (Lipinski definition) is 9. The molecule has 5 aromatic rings. The highest BCUT2D eigenvalue weighted by Gasteiger charge is 2.30. The number of guanidine groups is 1. The van der Waals surface area contributed by atoms with Gasteiger partial charge in [-0.15, -0.1) is 0 Å². The number of amides is 5. The second kappa shape index (κ2) is 35.0. The van der Waals surface area contributed by atoms with Gasteiger partial charge in [-0.2, -0.15) is 27.0 Å². The van der Waals surface area contributed by atoms with E-state index in [9.17, 15) is 24.0 Å².